The van der Waals surface area contributed by atoms with Crippen molar-refractivity contribution in [1.29, 1.82) is 5.26 Å². The van der Waals surface area contributed by atoms with Crippen LogP contribution in [-0.2, 0) is 4.74 Å². The maximum Gasteiger partial charge on any atom is 0.410 e. The van der Waals surface area contributed by atoms with Crippen LogP contribution in [0.25, 0.3) is 16.6 Å². The SMILES string of the molecule is CC(C)(C)OC(=O)N1CCC[C@H](n2cc(-c3cc(Sc4ccc(Cl)cn4)c4c(C#N)cnn4c3)cn2)C1. The molecular weight excluding hydrogens is 510 g/mol. The third-order valence-corrected chi connectivity index (χ3v) is 7.17. The number of pyridine rings is 2. The van der Waals surface area contributed by atoms with E-state index < -0.39 is 5.60 Å². The molecule has 0 saturated carbocycles. The highest BCUT2D eigenvalue weighted by atomic mass is 35.5. The summed E-state index contributed by atoms with van der Waals surface area (Å²) in [5.74, 6) is 0. The van der Waals surface area contributed by atoms with Crippen molar-refractivity contribution >= 4 is 35.0 Å². The summed E-state index contributed by atoms with van der Waals surface area (Å²) in [5.41, 5.74) is 2.50. The van der Waals surface area contributed by atoms with Gasteiger partial charge in [-0.15, -0.1) is 0 Å². The fourth-order valence-corrected chi connectivity index (χ4v) is 5.35. The lowest BCUT2D eigenvalue weighted by Gasteiger charge is -2.34. The first kappa shape index (κ1) is 25.1. The van der Waals surface area contributed by atoms with Crippen LogP contribution in [0.15, 0.2) is 59.1 Å². The number of nitrogens with zero attached hydrogens (tertiary/aromatic N) is 7. The van der Waals surface area contributed by atoms with Crippen LogP contribution in [0, 0.1) is 11.3 Å². The van der Waals surface area contributed by atoms with E-state index in [9.17, 15) is 10.1 Å². The van der Waals surface area contributed by atoms with E-state index in [4.69, 9.17) is 16.3 Å². The zero-order chi connectivity index (χ0) is 26.2. The lowest BCUT2D eigenvalue weighted by Crippen LogP contribution is -2.43. The van der Waals surface area contributed by atoms with Gasteiger partial charge >= 0.3 is 6.09 Å². The lowest BCUT2D eigenvalue weighted by atomic mass is 10.1. The second-order valence-electron chi connectivity index (χ2n) is 9.90. The predicted molar refractivity (Wildman–Crippen MR) is 141 cm³/mol. The molecule has 37 heavy (non-hydrogen) atoms. The van der Waals surface area contributed by atoms with Crippen molar-refractivity contribution in [2.45, 2.75) is 55.2 Å². The van der Waals surface area contributed by atoms with E-state index in [0.29, 0.717) is 23.7 Å². The van der Waals surface area contributed by atoms with Crippen molar-refractivity contribution < 1.29 is 9.53 Å². The van der Waals surface area contributed by atoms with Crippen LogP contribution in [0.5, 0.6) is 0 Å². The maximum absolute atomic E-state index is 12.6. The summed E-state index contributed by atoms with van der Waals surface area (Å²) >= 11 is 7.44. The molecule has 0 radical (unpaired) electrons. The Morgan fingerprint density at radius 2 is 2.03 bits per heavy atom. The molecule has 0 aliphatic carbocycles. The van der Waals surface area contributed by atoms with Gasteiger partial charge < -0.3 is 9.64 Å². The predicted octanol–water partition coefficient (Wildman–Crippen LogP) is 5.84. The lowest BCUT2D eigenvalue weighted by molar-refractivity contribution is 0.0167. The average molecular weight is 536 g/mol. The van der Waals surface area contributed by atoms with Gasteiger partial charge in [0.1, 0.15) is 16.7 Å². The van der Waals surface area contributed by atoms with Crippen molar-refractivity contribution in [1.82, 2.24) is 29.3 Å². The molecule has 0 spiro atoms. The van der Waals surface area contributed by atoms with Crippen molar-refractivity contribution in [3.63, 3.8) is 0 Å². The molecule has 190 valence electrons. The molecule has 0 N–H and O–H groups in total. The van der Waals surface area contributed by atoms with Crippen LogP contribution >= 0.6 is 23.4 Å². The first-order valence-electron chi connectivity index (χ1n) is 11.9. The van der Waals surface area contributed by atoms with Crippen molar-refractivity contribution in [3.05, 3.63) is 59.8 Å². The zero-order valence-electron chi connectivity index (χ0n) is 20.8. The number of carbonyl (C=O) groups is 1. The summed E-state index contributed by atoms with van der Waals surface area (Å²) in [6.07, 6.45) is 10.4. The highest BCUT2D eigenvalue weighted by Gasteiger charge is 2.29. The molecule has 0 aromatic carbocycles. The minimum Gasteiger partial charge on any atom is -0.444 e. The van der Waals surface area contributed by atoms with Gasteiger partial charge in [-0.3, -0.25) is 4.68 Å². The summed E-state index contributed by atoms with van der Waals surface area (Å²) in [6, 6.07) is 7.93. The van der Waals surface area contributed by atoms with Gasteiger partial charge in [0.25, 0.3) is 0 Å². The fraction of sp³-hybridized carbons (Fsp3) is 0.346. The Kier molecular flexibility index (Phi) is 6.84. The van der Waals surface area contributed by atoms with Crippen molar-refractivity contribution in [3.8, 4) is 17.2 Å². The Labute approximate surface area is 224 Å². The summed E-state index contributed by atoms with van der Waals surface area (Å²) in [6.45, 7) is 6.84. The molecule has 1 amide bonds. The third kappa shape index (κ3) is 5.58. The number of hydrogen-bond donors (Lipinski definition) is 0. The van der Waals surface area contributed by atoms with Gasteiger partial charge in [-0.1, -0.05) is 23.4 Å². The summed E-state index contributed by atoms with van der Waals surface area (Å²) in [4.78, 5) is 19.6. The second-order valence-corrected chi connectivity index (χ2v) is 11.4. The first-order chi connectivity index (χ1) is 17.7. The van der Waals surface area contributed by atoms with E-state index in [1.165, 1.54) is 11.8 Å². The van der Waals surface area contributed by atoms with Gasteiger partial charge in [-0.05, 0) is 51.8 Å². The number of fused-ring (bicyclic) bond motifs is 1. The standard InChI is InChI=1S/C26H26ClN7O2S/c1-26(2,3)36-25(35)32-8-4-5-21(16-32)33-15-19(12-30-33)17-9-22(37-23-7-6-20(27)13-29-23)24-18(10-28)11-31-34(24)14-17/h6-7,9,11-15,21H,4-5,8,16H2,1-3H3/t21-/m0/s1. The van der Waals surface area contributed by atoms with E-state index in [2.05, 4.69) is 21.3 Å². The molecule has 1 saturated heterocycles. The molecule has 0 bridgehead atoms. The van der Waals surface area contributed by atoms with Crippen LogP contribution < -0.4 is 0 Å². The maximum atomic E-state index is 12.6. The molecule has 1 fully saturated rings. The van der Waals surface area contributed by atoms with Crippen molar-refractivity contribution in [2.75, 3.05) is 13.1 Å². The number of aromatic nitrogens is 5. The van der Waals surface area contributed by atoms with E-state index in [1.807, 2.05) is 56.2 Å². The van der Waals surface area contributed by atoms with Gasteiger partial charge in [0.2, 0.25) is 0 Å². The summed E-state index contributed by atoms with van der Waals surface area (Å²) in [7, 11) is 0. The first-order valence-corrected chi connectivity index (χ1v) is 13.1. The molecule has 5 heterocycles. The van der Waals surface area contributed by atoms with Gasteiger partial charge in [-0.25, -0.2) is 14.3 Å². The van der Waals surface area contributed by atoms with E-state index in [0.717, 1.165) is 39.4 Å². The Morgan fingerprint density at radius 3 is 2.76 bits per heavy atom. The zero-order valence-corrected chi connectivity index (χ0v) is 22.3. The smallest absolute Gasteiger partial charge is 0.410 e. The van der Waals surface area contributed by atoms with E-state index in [-0.39, 0.29) is 12.1 Å². The van der Waals surface area contributed by atoms with Crippen LogP contribution in [-0.4, -0.2) is 54.1 Å². The monoisotopic (exact) mass is 535 g/mol. The number of nitriles is 1. The number of halogens is 1. The number of carbonyl (C=O) groups excluding carboxylic acids is 1. The number of rotatable bonds is 4. The molecule has 4 aromatic heterocycles. The molecule has 4 aromatic rings. The molecular formula is C26H26ClN7O2S. The fourth-order valence-electron chi connectivity index (χ4n) is 4.29. The van der Waals surface area contributed by atoms with E-state index in [1.54, 1.807) is 27.9 Å². The third-order valence-electron chi connectivity index (χ3n) is 5.97. The Hall–Kier alpha value is -3.55. The molecule has 0 unspecified atom stereocenters. The van der Waals surface area contributed by atoms with Gasteiger partial charge in [0.05, 0.1) is 34.5 Å². The van der Waals surface area contributed by atoms with Gasteiger partial charge in [0, 0.05) is 47.7 Å². The van der Waals surface area contributed by atoms with Crippen LogP contribution in [0.3, 0.4) is 0 Å². The summed E-state index contributed by atoms with van der Waals surface area (Å²) < 4.78 is 9.21. The number of ether oxygens (including phenoxy) is 1. The molecule has 9 nitrogen and oxygen atoms in total. The highest BCUT2D eigenvalue weighted by Crippen LogP contribution is 2.35. The molecule has 1 atom stereocenters. The van der Waals surface area contributed by atoms with Gasteiger partial charge in [0.15, 0.2) is 0 Å². The highest BCUT2D eigenvalue weighted by molar-refractivity contribution is 7.99. The number of hydrogen-bond acceptors (Lipinski definition) is 7. The molecule has 1 aliphatic rings. The summed E-state index contributed by atoms with van der Waals surface area (Å²) in [5, 5.41) is 20.0. The van der Waals surface area contributed by atoms with Crippen LogP contribution in [0.2, 0.25) is 5.02 Å². The number of likely N-dealkylation sites (tertiary alicyclic amines) is 1. The Bertz CT molecular complexity index is 1480. The molecule has 5 rings (SSSR count). The number of amides is 1. The van der Waals surface area contributed by atoms with Gasteiger partial charge in [-0.2, -0.15) is 15.5 Å². The second kappa shape index (κ2) is 10.1. The Morgan fingerprint density at radius 1 is 1.19 bits per heavy atom. The normalized spacial score (nSPS) is 16.1. The topological polar surface area (TPSA) is 101 Å². The van der Waals surface area contributed by atoms with E-state index >= 15 is 0 Å². The van der Waals surface area contributed by atoms with Crippen LogP contribution in [0.4, 0.5) is 4.79 Å². The van der Waals surface area contributed by atoms with Crippen molar-refractivity contribution in [2.24, 2.45) is 0 Å². The largest absolute Gasteiger partial charge is 0.444 e. The molecule has 11 heteroatoms. The average Bonchev–Trinajstić information content (AvgIpc) is 3.52. The van der Waals surface area contributed by atoms with Crippen LogP contribution in [0.1, 0.15) is 45.2 Å². The minimum atomic E-state index is -0.531. The number of piperidine rings is 1. The Balaban J connectivity index is 1.43. The minimum absolute atomic E-state index is 0.0563. The quantitative estimate of drug-likeness (QED) is 0.323. The molecule has 1 aliphatic heterocycles.